The molecule has 0 radical (unpaired) electrons. The van der Waals surface area contributed by atoms with E-state index in [1.165, 1.54) is 11.6 Å². The number of hydrogen-bond donors (Lipinski definition) is 1. The quantitative estimate of drug-likeness (QED) is 0.718. The van der Waals surface area contributed by atoms with Crippen molar-refractivity contribution < 1.29 is 19.0 Å². The lowest BCUT2D eigenvalue weighted by Crippen LogP contribution is -2.44. The molecule has 0 saturated heterocycles. The van der Waals surface area contributed by atoms with Crippen molar-refractivity contribution in [3.63, 3.8) is 0 Å². The molecule has 1 N–H and O–H groups in total. The van der Waals surface area contributed by atoms with E-state index in [9.17, 15) is 4.79 Å². The van der Waals surface area contributed by atoms with Gasteiger partial charge >= 0.3 is 0 Å². The lowest BCUT2D eigenvalue weighted by molar-refractivity contribution is -0.117. The number of benzene rings is 2. The minimum absolute atomic E-state index is 0.173. The number of hydrogen-bond acceptors (Lipinski definition) is 4. The number of methoxy groups -OCH3 is 3. The maximum atomic E-state index is 12.4. The summed E-state index contributed by atoms with van der Waals surface area (Å²) in [5, 5.41) is 3.04. The van der Waals surface area contributed by atoms with Gasteiger partial charge in [0.05, 0.1) is 21.3 Å². The van der Waals surface area contributed by atoms with Crippen LogP contribution in [-0.2, 0) is 11.2 Å². The second kappa shape index (κ2) is 9.12. The molecule has 5 heteroatoms. The average Bonchev–Trinajstić information content (AvgIpc) is 2.65. The molecular formula is C22H27NO4. The molecule has 0 aliphatic rings. The molecule has 144 valence electrons. The van der Waals surface area contributed by atoms with Crippen LogP contribution in [-0.4, -0.2) is 32.8 Å². The molecule has 0 bridgehead atoms. The van der Waals surface area contributed by atoms with Crippen molar-refractivity contribution in [2.45, 2.75) is 25.8 Å². The maximum absolute atomic E-state index is 12.4. The zero-order chi connectivity index (χ0) is 19.9. The SMILES string of the molecule is COc1ccc(/C=C/C(=O)NC(C)(C)Cc2ccccc2)c(OC)c1OC. The fourth-order valence-corrected chi connectivity index (χ4v) is 2.95. The number of rotatable bonds is 8. The number of ether oxygens (including phenoxy) is 3. The third-order valence-electron chi connectivity index (χ3n) is 4.10. The van der Waals surface area contributed by atoms with Crippen molar-refractivity contribution in [2.75, 3.05) is 21.3 Å². The Balaban J connectivity index is 2.12. The Kier molecular flexibility index (Phi) is 6.88. The molecule has 0 atom stereocenters. The van der Waals surface area contributed by atoms with Gasteiger partial charge in [-0.1, -0.05) is 30.3 Å². The predicted octanol–water partition coefficient (Wildman–Crippen LogP) is 3.86. The van der Waals surface area contributed by atoms with Gasteiger partial charge in [0.2, 0.25) is 11.7 Å². The van der Waals surface area contributed by atoms with Gasteiger partial charge in [-0.15, -0.1) is 0 Å². The minimum atomic E-state index is -0.371. The van der Waals surface area contributed by atoms with Gasteiger partial charge in [0.25, 0.3) is 0 Å². The number of carbonyl (C=O) groups is 1. The van der Waals surface area contributed by atoms with Crippen LogP contribution in [0.3, 0.4) is 0 Å². The predicted molar refractivity (Wildman–Crippen MR) is 107 cm³/mol. The van der Waals surface area contributed by atoms with E-state index in [1.807, 2.05) is 38.1 Å². The molecule has 2 rings (SSSR count). The highest BCUT2D eigenvalue weighted by Crippen LogP contribution is 2.40. The van der Waals surface area contributed by atoms with Crippen LogP contribution in [0.2, 0.25) is 0 Å². The molecule has 27 heavy (non-hydrogen) atoms. The average molecular weight is 369 g/mol. The van der Waals surface area contributed by atoms with E-state index in [-0.39, 0.29) is 11.4 Å². The van der Waals surface area contributed by atoms with Gasteiger partial charge in [-0.25, -0.2) is 0 Å². The summed E-state index contributed by atoms with van der Waals surface area (Å²) in [6.45, 7) is 4.01. The number of carbonyl (C=O) groups excluding carboxylic acids is 1. The Morgan fingerprint density at radius 2 is 1.63 bits per heavy atom. The Morgan fingerprint density at radius 1 is 0.963 bits per heavy atom. The fraction of sp³-hybridized carbons (Fsp3) is 0.318. The molecular weight excluding hydrogens is 342 g/mol. The Labute approximate surface area is 161 Å². The molecule has 1 amide bonds. The molecule has 0 aliphatic heterocycles. The zero-order valence-corrected chi connectivity index (χ0v) is 16.5. The van der Waals surface area contributed by atoms with Crippen molar-refractivity contribution in [1.29, 1.82) is 0 Å². The molecule has 2 aromatic carbocycles. The van der Waals surface area contributed by atoms with Crippen molar-refractivity contribution in [1.82, 2.24) is 5.32 Å². The molecule has 0 aliphatic carbocycles. The highest BCUT2D eigenvalue weighted by Gasteiger charge is 2.20. The van der Waals surface area contributed by atoms with Crippen LogP contribution >= 0.6 is 0 Å². The van der Waals surface area contributed by atoms with E-state index < -0.39 is 0 Å². The smallest absolute Gasteiger partial charge is 0.244 e. The van der Waals surface area contributed by atoms with Gasteiger partial charge in [-0.2, -0.15) is 0 Å². The van der Waals surface area contributed by atoms with Crippen LogP contribution < -0.4 is 19.5 Å². The van der Waals surface area contributed by atoms with Gasteiger partial charge in [0.1, 0.15) is 0 Å². The first-order valence-corrected chi connectivity index (χ1v) is 8.73. The summed E-state index contributed by atoms with van der Waals surface area (Å²) in [4.78, 5) is 12.4. The highest BCUT2D eigenvalue weighted by atomic mass is 16.5. The van der Waals surface area contributed by atoms with Gasteiger partial charge in [-0.3, -0.25) is 4.79 Å². The molecule has 2 aromatic rings. The van der Waals surface area contributed by atoms with Crippen molar-refractivity contribution in [3.8, 4) is 17.2 Å². The zero-order valence-electron chi connectivity index (χ0n) is 16.5. The van der Waals surface area contributed by atoms with Crippen LogP contribution in [0, 0.1) is 0 Å². The third kappa shape index (κ3) is 5.51. The summed E-state index contributed by atoms with van der Waals surface area (Å²) in [6, 6.07) is 13.7. The maximum Gasteiger partial charge on any atom is 0.244 e. The first-order chi connectivity index (χ1) is 12.9. The standard InChI is InChI=1S/C22H27NO4/c1-22(2,15-16-9-7-6-8-10-16)23-19(24)14-12-17-11-13-18(25-3)21(27-5)20(17)26-4/h6-14H,15H2,1-5H3,(H,23,24)/b14-12+. The molecule has 0 saturated carbocycles. The van der Waals surface area contributed by atoms with Gasteiger partial charge in [0, 0.05) is 17.2 Å². The van der Waals surface area contributed by atoms with Crippen LogP contribution in [0.4, 0.5) is 0 Å². The molecule has 0 aromatic heterocycles. The number of nitrogens with one attached hydrogen (secondary N) is 1. The molecule has 0 spiro atoms. The van der Waals surface area contributed by atoms with Crippen LogP contribution in [0.1, 0.15) is 25.0 Å². The lowest BCUT2D eigenvalue weighted by atomic mass is 9.95. The topological polar surface area (TPSA) is 56.8 Å². The van der Waals surface area contributed by atoms with E-state index in [4.69, 9.17) is 14.2 Å². The summed E-state index contributed by atoms with van der Waals surface area (Å²) in [5.74, 6) is 1.41. The van der Waals surface area contributed by atoms with E-state index >= 15 is 0 Å². The third-order valence-corrected chi connectivity index (χ3v) is 4.10. The summed E-state index contributed by atoms with van der Waals surface area (Å²) < 4.78 is 16.1. The fourth-order valence-electron chi connectivity index (χ4n) is 2.95. The highest BCUT2D eigenvalue weighted by molar-refractivity contribution is 5.92. The minimum Gasteiger partial charge on any atom is -0.493 e. The van der Waals surface area contributed by atoms with E-state index in [0.29, 0.717) is 17.2 Å². The molecule has 5 nitrogen and oxygen atoms in total. The number of amides is 1. The second-order valence-electron chi connectivity index (χ2n) is 6.79. The van der Waals surface area contributed by atoms with Crippen molar-refractivity contribution >= 4 is 12.0 Å². The molecule has 0 heterocycles. The summed E-state index contributed by atoms with van der Waals surface area (Å²) >= 11 is 0. The Bertz CT molecular complexity index is 797. The van der Waals surface area contributed by atoms with Crippen LogP contribution in [0.25, 0.3) is 6.08 Å². The first kappa shape index (κ1) is 20.4. The Hall–Kier alpha value is -2.95. The van der Waals surface area contributed by atoms with Gasteiger partial charge in [0.15, 0.2) is 11.5 Å². The first-order valence-electron chi connectivity index (χ1n) is 8.73. The summed E-state index contributed by atoms with van der Waals surface area (Å²) in [6.07, 6.45) is 3.94. The van der Waals surface area contributed by atoms with Crippen molar-refractivity contribution in [3.05, 3.63) is 59.7 Å². The molecule has 0 unspecified atom stereocenters. The molecule has 0 fully saturated rings. The monoisotopic (exact) mass is 369 g/mol. The normalized spacial score (nSPS) is 11.3. The van der Waals surface area contributed by atoms with E-state index in [2.05, 4.69) is 17.4 Å². The van der Waals surface area contributed by atoms with Crippen molar-refractivity contribution in [2.24, 2.45) is 0 Å². The van der Waals surface area contributed by atoms with Crippen LogP contribution in [0.15, 0.2) is 48.5 Å². The van der Waals surface area contributed by atoms with E-state index in [0.717, 1.165) is 12.0 Å². The lowest BCUT2D eigenvalue weighted by Gasteiger charge is -2.25. The summed E-state index contributed by atoms with van der Waals surface area (Å²) in [5.41, 5.74) is 1.53. The summed E-state index contributed by atoms with van der Waals surface area (Å²) in [7, 11) is 4.67. The van der Waals surface area contributed by atoms with Gasteiger partial charge in [-0.05, 0) is 44.0 Å². The van der Waals surface area contributed by atoms with E-state index in [1.54, 1.807) is 33.5 Å². The van der Waals surface area contributed by atoms with Gasteiger partial charge < -0.3 is 19.5 Å². The van der Waals surface area contributed by atoms with Crippen LogP contribution in [0.5, 0.6) is 17.2 Å². The second-order valence-corrected chi connectivity index (χ2v) is 6.79. The largest absolute Gasteiger partial charge is 0.493 e. The Morgan fingerprint density at radius 3 is 2.22 bits per heavy atom.